The van der Waals surface area contributed by atoms with Crippen LogP contribution in [0.5, 0.6) is 0 Å². The van der Waals surface area contributed by atoms with Crippen molar-refractivity contribution in [3.63, 3.8) is 0 Å². The zero-order valence-corrected chi connectivity index (χ0v) is 15.1. The van der Waals surface area contributed by atoms with Gasteiger partial charge in [-0.3, -0.25) is 3.87 Å². The molecule has 0 aliphatic carbocycles. The third-order valence-electron chi connectivity index (χ3n) is 3.82. The summed E-state index contributed by atoms with van der Waals surface area (Å²) in [6, 6.07) is 28.9. The molecule has 0 spiro atoms. The fraction of sp³-hybridized carbons (Fsp3) is 0.0526. The number of rotatable bonds is 5. The Kier molecular flexibility index (Phi) is 4.66. The molecule has 5 heteroatoms. The van der Waals surface area contributed by atoms with Gasteiger partial charge in [-0.2, -0.15) is 0 Å². The van der Waals surface area contributed by atoms with Gasteiger partial charge in [0.1, 0.15) is 0 Å². The van der Waals surface area contributed by atoms with E-state index in [-0.39, 0.29) is 0 Å². The Morgan fingerprint density at radius 1 is 0.625 bits per heavy atom. The molecule has 0 saturated carbocycles. The zero-order chi connectivity index (χ0) is 17.0. The molecule has 0 bridgehead atoms. The summed E-state index contributed by atoms with van der Waals surface area (Å²) in [4.78, 5) is 0. The molecule has 0 saturated heterocycles. The summed E-state index contributed by atoms with van der Waals surface area (Å²) in [6.07, 6.45) is 1.11. The van der Waals surface area contributed by atoms with Gasteiger partial charge in [-0.1, -0.05) is 91.0 Å². The molecular formula is C19H18O3SSi. The molecule has 0 amide bonds. The van der Waals surface area contributed by atoms with Crippen LogP contribution in [0.15, 0.2) is 91.0 Å². The average Bonchev–Trinajstić information content (AvgIpc) is 2.61. The first-order valence-electron chi connectivity index (χ1n) is 7.59. The van der Waals surface area contributed by atoms with Crippen LogP contribution in [0.2, 0.25) is 0 Å². The standard InChI is InChI=1S/C19H18O3SSi/c1-23(20,21)22-24(17-11-5-2-6-12-17,18-13-7-3-8-14-18)19-15-9-4-10-16-19/h2-16H,1H3. The molecule has 0 radical (unpaired) electrons. The smallest absolute Gasteiger partial charge is 0.298 e. The Morgan fingerprint density at radius 3 is 1.17 bits per heavy atom. The molecule has 24 heavy (non-hydrogen) atoms. The molecule has 0 atom stereocenters. The van der Waals surface area contributed by atoms with Crippen LogP contribution >= 0.6 is 0 Å². The second-order valence-corrected chi connectivity index (χ2v) is 10.7. The van der Waals surface area contributed by atoms with Crippen LogP contribution in [0.3, 0.4) is 0 Å². The maximum absolute atomic E-state index is 12.2. The second-order valence-electron chi connectivity index (χ2n) is 5.57. The molecule has 0 fully saturated rings. The Bertz CT molecular complexity index is 798. The van der Waals surface area contributed by atoms with Crippen molar-refractivity contribution in [3.8, 4) is 0 Å². The highest BCUT2D eigenvalue weighted by Gasteiger charge is 2.45. The minimum atomic E-state index is -3.66. The minimum absolute atomic E-state index is 0.896. The summed E-state index contributed by atoms with van der Waals surface area (Å²) in [6.45, 7) is 0. The first kappa shape index (κ1) is 16.6. The van der Waals surface area contributed by atoms with Crippen LogP contribution < -0.4 is 15.6 Å². The van der Waals surface area contributed by atoms with Crippen molar-refractivity contribution in [2.45, 2.75) is 0 Å². The van der Waals surface area contributed by atoms with Gasteiger partial charge in [0, 0.05) is 0 Å². The van der Waals surface area contributed by atoms with E-state index in [2.05, 4.69) is 0 Å². The molecule has 3 aromatic rings. The van der Waals surface area contributed by atoms with E-state index in [4.69, 9.17) is 3.87 Å². The monoisotopic (exact) mass is 354 g/mol. The number of hydrogen-bond acceptors (Lipinski definition) is 3. The predicted octanol–water partition coefficient (Wildman–Crippen LogP) is 1.63. The highest BCUT2D eigenvalue weighted by Crippen LogP contribution is 2.12. The van der Waals surface area contributed by atoms with Crippen molar-refractivity contribution in [3.05, 3.63) is 91.0 Å². The topological polar surface area (TPSA) is 43.4 Å². The summed E-state index contributed by atoms with van der Waals surface area (Å²) < 4.78 is 30.3. The van der Waals surface area contributed by atoms with Crippen LogP contribution in [0.4, 0.5) is 0 Å². The van der Waals surface area contributed by atoms with E-state index >= 15 is 0 Å². The molecule has 3 aromatic carbocycles. The summed E-state index contributed by atoms with van der Waals surface area (Å²) >= 11 is 0. The fourth-order valence-electron chi connectivity index (χ4n) is 2.89. The third-order valence-corrected chi connectivity index (χ3v) is 9.47. The molecule has 0 heterocycles. The molecule has 0 aromatic heterocycles. The largest absolute Gasteiger partial charge is 0.309 e. The van der Waals surface area contributed by atoms with Gasteiger partial charge >= 0.3 is 8.32 Å². The Balaban J connectivity index is 2.37. The van der Waals surface area contributed by atoms with E-state index in [0.717, 1.165) is 21.8 Å². The molecule has 0 aliphatic heterocycles. The lowest BCUT2D eigenvalue weighted by atomic mass is 10.3. The van der Waals surface area contributed by atoms with Crippen LogP contribution in [-0.2, 0) is 14.0 Å². The van der Waals surface area contributed by atoms with E-state index in [1.54, 1.807) is 0 Å². The van der Waals surface area contributed by atoms with Gasteiger partial charge in [0.25, 0.3) is 10.1 Å². The Labute approximate surface area is 143 Å². The number of benzene rings is 3. The van der Waals surface area contributed by atoms with E-state index < -0.39 is 18.4 Å². The van der Waals surface area contributed by atoms with Gasteiger partial charge in [0.15, 0.2) is 0 Å². The molecule has 3 rings (SSSR count). The van der Waals surface area contributed by atoms with Crippen molar-refractivity contribution >= 4 is 34.0 Å². The Hall–Kier alpha value is -2.21. The fourth-order valence-corrected chi connectivity index (χ4v) is 8.85. The summed E-state index contributed by atoms with van der Waals surface area (Å²) in [5, 5.41) is 2.69. The van der Waals surface area contributed by atoms with Gasteiger partial charge in [-0.15, -0.1) is 0 Å². The van der Waals surface area contributed by atoms with Gasteiger partial charge in [-0.05, 0) is 15.6 Å². The van der Waals surface area contributed by atoms with E-state index in [0.29, 0.717) is 0 Å². The SMILES string of the molecule is CS(=O)(=O)O[Si](c1ccccc1)(c1ccccc1)c1ccccc1. The molecular weight excluding hydrogens is 336 g/mol. The number of hydrogen-bond donors (Lipinski definition) is 0. The highest BCUT2D eigenvalue weighted by atomic mass is 32.2. The second kappa shape index (κ2) is 6.73. The van der Waals surface area contributed by atoms with Crippen LogP contribution in [0, 0.1) is 0 Å². The van der Waals surface area contributed by atoms with E-state index in [1.165, 1.54) is 0 Å². The average molecular weight is 355 g/mol. The zero-order valence-electron chi connectivity index (χ0n) is 13.3. The molecule has 3 nitrogen and oxygen atoms in total. The highest BCUT2D eigenvalue weighted by molar-refractivity contribution is 7.87. The van der Waals surface area contributed by atoms with Crippen LogP contribution in [-0.4, -0.2) is 23.0 Å². The Morgan fingerprint density at radius 2 is 0.917 bits per heavy atom. The first-order chi connectivity index (χ1) is 11.5. The lowest BCUT2D eigenvalue weighted by Crippen LogP contribution is -2.69. The minimum Gasteiger partial charge on any atom is -0.298 e. The van der Waals surface area contributed by atoms with Gasteiger partial charge in [-0.25, -0.2) is 8.42 Å². The van der Waals surface area contributed by atoms with Gasteiger partial charge in [0.05, 0.1) is 6.26 Å². The predicted molar refractivity (Wildman–Crippen MR) is 99.9 cm³/mol. The van der Waals surface area contributed by atoms with Crippen molar-refractivity contribution in [1.82, 2.24) is 0 Å². The maximum Gasteiger partial charge on any atom is 0.309 e. The van der Waals surface area contributed by atoms with Crippen LogP contribution in [0.25, 0.3) is 0 Å². The van der Waals surface area contributed by atoms with Gasteiger partial charge in [0.2, 0.25) is 0 Å². The lowest BCUT2D eigenvalue weighted by molar-refractivity contribution is 0.500. The quantitative estimate of drug-likeness (QED) is 0.517. The molecule has 0 aliphatic rings. The summed E-state index contributed by atoms with van der Waals surface area (Å²) in [5.74, 6) is 0. The van der Waals surface area contributed by atoms with E-state index in [1.807, 2.05) is 91.0 Å². The van der Waals surface area contributed by atoms with Crippen LogP contribution in [0.1, 0.15) is 0 Å². The summed E-state index contributed by atoms with van der Waals surface area (Å²) in [7, 11) is -6.81. The third kappa shape index (κ3) is 3.33. The summed E-state index contributed by atoms with van der Waals surface area (Å²) in [5.41, 5.74) is 0. The molecule has 122 valence electrons. The molecule has 0 N–H and O–H groups in total. The first-order valence-corrected chi connectivity index (χ1v) is 11.3. The van der Waals surface area contributed by atoms with Gasteiger partial charge < -0.3 is 0 Å². The van der Waals surface area contributed by atoms with E-state index in [9.17, 15) is 8.42 Å². The molecule has 0 unspecified atom stereocenters. The maximum atomic E-state index is 12.2. The van der Waals surface area contributed by atoms with Crippen molar-refractivity contribution in [2.24, 2.45) is 0 Å². The van der Waals surface area contributed by atoms with Crippen molar-refractivity contribution in [1.29, 1.82) is 0 Å². The normalized spacial score (nSPS) is 12.0. The van der Waals surface area contributed by atoms with Crippen molar-refractivity contribution < 1.29 is 12.3 Å². The lowest BCUT2D eigenvalue weighted by Gasteiger charge is -2.31. The van der Waals surface area contributed by atoms with Crippen molar-refractivity contribution in [2.75, 3.05) is 6.26 Å².